The molecule has 94 valence electrons. The minimum absolute atomic E-state index is 0.0117. The van der Waals surface area contributed by atoms with Crippen molar-refractivity contribution in [2.75, 3.05) is 25.1 Å². The van der Waals surface area contributed by atoms with Gasteiger partial charge in [-0.3, -0.25) is 10.1 Å². The Balaban J connectivity index is 3.11. The molecular weight excluding hydrogens is 234 g/mol. The minimum Gasteiger partial charge on any atom is -0.396 e. The van der Waals surface area contributed by atoms with Crippen LogP contribution in [0.4, 0.5) is 20.2 Å². The highest BCUT2D eigenvalue weighted by atomic mass is 19.2. The number of aliphatic hydroxyl groups excluding tert-OH is 1. The zero-order chi connectivity index (χ0) is 13.0. The average Bonchev–Trinajstić information content (AvgIpc) is 2.28. The quantitative estimate of drug-likeness (QED) is 0.634. The van der Waals surface area contributed by atoms with E-state index in [1.165, 1.54) is 11.9 Å². The van der Waals surface area contributed by atoms with Gasteiger partial charge < -0.3 is 10.0 Å². The lowest BCUT2D eigenvalue weighted by Crippen LogP contribution is -2.20. The van der Waals surface area contributed by atoms with Crippen LogP contribution in [-0.4, -0.2) is 30.2 Å². The average molecular weight is 246 g/mol. The molecule has 0 aliphatic rings. The lowest BCUT2D eigenvalue weighted by Gasteiger charge is -2.18. The number of anilines is 1. The highest BCUT2D eigenvalue weighted by Crippen LogP contribution is 2.29. The second-order valence-corrected chi connectivity index (χ2v) is 3.51. The largest absolute Gasteiger partial charge is 0.396 e. The van der Waals surface area contributed by atoms with Gasteiger partial charge in [-0.2, -0.15) is 0 Å². The van der Waals surface area contributed by atoms with Crippen LogP contribution in [0.3, 0.4) is 0 Å². The Morgan fingerprint density at radius 3 is 2.53 bits per heavy atom. The Morgan fingerprint density at radius 2 is 2.00 bits per heavy atom. The van der Waals surface area contributed by atoms with E-state index < -0.39 is 22.2 Å². The highest BCUT2D eigenvalue weighted by Gasteiger charge is 2.21. The predicted octanol–water partition coefficient (Wildman–Crippen LogP) is 1.69. The molecule has 0 aliphatic heterocycles. The van der Waals surface area contributed by atoms with Crippen molar-refractivity contribution in [3.63, 3.8) is 0 Å². The molecule has 1 aromatic rings. The van der Waals surface area contributed by atoms with Crippen LogP contribution in [0.15, 0.2) is 12.1 Å². The summed E-state index contributed by atoms with van der Waals surface area (Å²) in [6, 6.07) is 1.34. The van der Waals surface area contributed by atoms with Crippen molar-refractivity contribution in [1.82, 2.24) is 0 Å². The van der Waals surface area contributed by atoms with E-state index in [-0.39, 0.29) is 12.3 Å². The maximum atomic E-state index is 13.0. The summed E-state index contributed by atoms with van der Waals surface area (Å²) in [5, 5.41) is 19.3. The smallest absolute Gasteiger partial charge is 0.295 e. The molecule has 0 atom stereocenters. The van der Waals surface area contributed by atoms with Crippen molar-refractivity contribution in [2.24, 2.45) is 0 Å². The van der Waals surface area contributed by atoms with Gasteiger partial charge in [-0.15, -0.1) is 0 Å². The molecule has 17 heavy (non-hydrogen) atoms. The molecule has 0 radical (unpaired) electrons. The number of halogens is 2. The summed E-state index contributed by atoms with van der Waals surface area (Å²) in [5.74, 6) is -2.39. The SMILES string of the molecule is CN(CCCO)c1cc(F)c(F)cc1[N+](=O)[O-]. The Bertz CT molecular complexity index is 426. The minimum atomic E-state index is -1.25. The molecule has 0 aromatic heterocycles. The van der Waals surface area contributed by atoms with Gasteiger partial charge in [-0.05, 0) is 6.42 Å². The molecule has 0 amide bonds. The second-order valence-electron chi connectivity index (χ2n) is 3.51. The molecular formula is C10H12F2N2O3. The van der Waals surface area contributed by atoms with Gasteiger partial charge in [0.25, 0.3) is 5.69 Å². The van der Waals surface area contributed by atoms with Crippen LogP contribution < -0.4 is 4.90 Å². The molecule has 1 rings (SSSR count). The first kappa shape index (κ1) is 13.3. The van der Waals surface area contributed by atoms with E-state index in [1.54, 1.807) is 0 Å². The van der Waals surface area contributed by atoms with Gasteiger partial charge in [0.15, 0.2) is 11.6 Å². The number of nitro groups is 1. The first-order valence-corrected chi connectivity index (χ1v) is 4.92. The lowest BCUT2D eigenvalue weighted by atomic mass is 10.2. The van der Waals surface area contributed by atoms with Crippen LogP contribution in [0.1, 0.15) is 6.42 Å². The van der Waals surface area contributed by atoms with Gasteiger partial charge in [0.05, 0.1) is 11.0 Å². The van der Waals surface area contributed by atoms with Gasteiger partial charge in [0.1, 0.15) is 5.69 Å². The fraction of sp³-hybridized carbons (Fsp3) is 0.400. The maximum Gasteiger partial charge on any atom is 0.295 e. The third kappa shape index (κ3) is 3.10. The van der Waals surface area contributed by atoms with Crippen LogP contribution in [0.25, 0.3) is 0 Å². The molecule has 0 spiro atoms. The molecule has 0 aliphatic carbocycles. The van der Waals surface area contributed by atoms with Gasteiger partial charge >= 0.3 is 0 Å². The van der Waals surface area contributed by atoms with E-state index in [4.69, 9.17) is 5.11 Å². The van der Waals surface area contributed by atoms with E-state index >= 15 is 0 Å². The molecule has 5 nitrogen and oxygen atoms in total. The maximum absolute atomic E-state index is 13.0. The van der Waals surface area contributed by atoms with E-state index in [1.807, 2.05) is 0 Å². The molecule has 0 heterocycles. The fourth-order valence-electron chi connectivity index (χ4n) is 1.41. The Labute approximate surface area is 96.4 Å². The van der Waals surface area contributed by atoms with Crippen molar-refractivity contribution < 1.29 is 18.8 Å². The Morgan fingerprint density at radius 1 is 1.41 bits per heavy atom. The number of nitrogens with zero attached hydrogens (tertiary/aromatic N) is 2. The van der Waals surface area contributed by atoms with Crippen LogP contribution in [0.5, 0.6) is 0 Å². The van der Waals surface area contributed by atoms with Gasteiger partial charge in [0.2, 0.25) is 0 Å². The molecule has 0 unspecified atom stereocenters. The number of benzene rings is 1. The van der Waals surface area contributed by atoms with Crippen molar-refractivity contribution in [3.8, 4) is 0 Å². The van der Waals surface area contributed by atoms with Crippen LogP contribution in [0, 0.1) is 21.7 Å². The summed E-state index contributed by atoms with van der Waals surface area (Å²) in [6.45, 7) is 0.226. The molecule has 7 heteroatoms. The lowest BCUT2D eigenvalue weighted by molar-refractivity contribution is -0.384. The monoisotopic (exact) mass is 246 g/mol. The fourth-order valence-corrected chi connectivity index (χ4v) is 1.41. The van der Waals surface area contributed by atoms with Crippen LogP contribution in [0.2, 0.25) is 0 Å². The Hall–Kier alpha value is -1.76. The molecule has 0 fully saturated rings. The zero-order valence-electron chi connectivity index (χ0n) is 9.19. The zero-order valence-corrected chi connectivity index (χ0v) is 9.19. The van der Waals surface area contributed by atoms with E-state index in [9.17, 15) is 18.9 Å². The number of hydrogen-bond acceptors (Lipinski definition) is 4. The van der Waals surface area contributed by atoms with Crippen LogP contribution in [-0.2, 0) is 0 Å². The third-order valence-corrected chi connectivity index (χ3v) is 2.28. The topological polar surface area (TPSA) is 66.6 Å². The van der Waals surface area contributed by atoms with E-state index in [0.717, 1.165) is 6.07 Å². The summed E-state index contributed by atoms with van der Waals surface area (Å²) in [5.41, 5.74) is -0.508. The molecule has 0 saturated heterocycles. The highest BCUT2D eigenvalue weighted by molar-refractivity contribution is 5.63. The first-order chi connectivity index (χ1) is 7.97. The van der Waals surface area contributed by atoms with Gasteiger partial charge in [0, 0.05) is 26.3 Å². The summed E-state index contributed by atoms with van der Waals surface area (Å²) in [4.78, 5) is 11.3. The van der Waals surface area contributed by atoms with Gasteiger partial charge in [-0.1, -0.05) is 0 Å². The number of hydrogen-bond donors (Lipinski definition) is 1. The normalized spacial score (nSPS) is 10.4. The van der Waals surface area contributed by atoms with Crippen molar-refractivity contribution in [3.05, 3.63) is 33.9 Å². The number of nitro benzene ring substituents is 1. The van der Waals surface area contributed by atoms with Crippen LogP contribution >= 0.6 is 0 Å². The summed E-state index contributed by atoms with van der Waals surface area (Å²) >= 11 is 0. The first-order valence-electron chi connectivity index (χ1n) is 4.92. The predicted molar refractivity (Wildman–Crippen MR) is 58.0 cm³/mol. The molecule has 0 bridgehead atoms. The van der Waals surface area contributed by atoms with Crippen molar-refractivity contribution in [1.29, 1.82) is 0 Å². The molecule has 1 aromatic carbocycles. The number of aliphatic hydroxyl groups is 1. The summed E-state index contributed by atoms with van der Waals surface area (Å²) in [7, 11) is 1.51. The van der Waals surface area contributed by atoms with Gasteiger partial charge in [-0.25, -0.2) is 8.78 Å². The van der Waals surface area contributed by atoms with Crippen molar-refractivity contribution >= 4 is 11.4 Å². The summed E-state index contributed by atoms with van der Waals surface area (Å²) < 4.78 is 25.9. The van der Waals surface area contributed by atoms with E-state index in [2.05, 4.69) is 0 Å². The number of rotatable bonds is 5. The van der Waals surface area contributed by atoms with Crippen molar-refractivity contribution in [2.45, 2.75) is 6.42 Å². The van der Waals surface area contributed by atoms with E-state index in [0.29, 0.717) is 19.0 Å². The standard InChI is InChI=1S/C10H12F2N2O3/c1-13(3-2-4-15)9-5-7(11)8(12)6-10(9)14(16)17/h5-6,15H,2-4H2,1H3. The molecule has 0 saturated carbocycles. The third-order valence-electron chi connectivity index (χ3n) is 2.28. The second kappa shape index (κ2) is 5.53. The molecule has 1 N–H and O–H groups in total. The summed E-state index contributed by atoms with van der Waals surface area (Å²) in [6.07, 6.45) is 0.382. The Kier molecular flexibility index (Phi) is 4.33.